The first-order valence-corrected chi connectivity index (χ1v) is 4.75. The monoisotopic (exact) mass is 213 g/mol. The third-order valence-electron chi connectivity index (χ3n) is 2.07. The highest BCUT2D eigenvalue weighted by molar-refractivity contribution is 5.96. The fourth-order valence-electron chi connectivity index (χ4n) is 1.25. The summed E-state index contributed by atoms with van der Waals surface area (Å²) in [5, 5.41) is 0. The minimum Gasteiger partial charge on any atom is -0.328 e. The SMILES string of the molecule is CC(N)CCC(=O)c1c(F)cccc1F. The summed E-state index contributed by atoms with van der Waals surface area (Å²) in [6, 6.07) is 3.22. The number of hydrogen-bond acceptors (Lipinski definition) is 2. The van der Waals surface area contributed by atoms with Gasteiger partial charge in [-0.15, -0.1) is 0 Å². The third kappa shape index (κ3) is 3.09. The molecule has 0 fully saturated rings. The first-order chi connectivity index (χ1) is 7.02. The largest absolute Gasteiger partial charge is 0.328 e. The Balaban J connectivity index is 2.82. The molecule has 0 spiro atoms. The van der Waals surface area contributed by atoms with Crippen molar-refractivity contribution in [3.63, 3.8) is 0 Å². The molecule has 0 heterocycles. The predicted molar refractivity (Wildman–Crippen MR) is 53.6 cm³/mol. The lowest BCUT2D eigenvalue weighted by molar-refractivity contribution is 0.0970. The van der Waals surface area contributed by atoms with Gasteiger partial charge in [0.25, 0.3) is 0 Å². The summed E-state index contributed by atoms with van der Waals surface area (Å²) >= 11 is 0. The molecule has 0 aliphatic heterocycles. The standard InChI is InChI=1S/C11H13F2NO/c1-7(14)5-6-10(15)11-8(12)3-2-4-9(11)13/h2-4,7H,5-6,14H2,1H3. The molecule has 82 valence electrons. The van der Waals surface area contributed by atoms with E-state index in [0.717, 1.165) is 12.1 Å². The lowest BCUT2D eigenvalue weighted by atomic mass is 10.0. The van der Waals surface area contributed by atoms with E-state index in [2.05, 4.69) is 0 Å². The van der Waals surface area contributed by atoms with Crippen LogP contribution in [0.2, 0.25) is 0 Å². The number of carbonyl (C=O) groups excluding carboxylic acids is 1. The van der Waals surface area contributed by atoms with Crippen molar-refractivity contribution < 1.29 is 13.6 Å². The highest BCUT2D eigenvalue weighted by Crippen LogP contribution is 2.15. The molecule has 2 N–H and O–H groups in total. The first kappa shape index (κ1) is 11.8. The van der Waals surface area contributed by atoms with Gasteiger partial charge in [0, 0.05) is 12.5 Å². The summed E-state index contributed by atoms with van der Waals surface area (Å²) in [5.74, 6) is -2.17. The van der Waals surface area contributed by atoms with Crippen molar-refractivity contribution in [3.05, 3.63) is 35.4 Å². The van der Waals surface area contributed by atoms with Crippen molar-refractivity contribution in [1.82, 2.24) is 0 Å². The predicted octanol–water partition coefficient (Wildman–Crippen LogP) is 2.27. The maximum Gasteiger partial charge on any atom is 0.168 e. The van der Waals surface area contributed by atoms with Crippen molar-refractivity contribution in [3.8, 4) is 0 Å². The Morgan fingerprint density at radius 2 is 1.93 bits per heavy atom. The van der Waals surface area contributed by atoms with Gasteiger partial charge in [-0.1, -0.05) is 6.07 Å². The Hall–Kier alpha value is -1.29. The molecule has 1 unspecified atom stereocenters. The molecule has 0 amide bonds. The molecule has 1 atom stereocenters. The van der Waals surface area contributed by atoms with Gasteiger partial charge in [0.1, 0.15) is 11.6 Å². The average Bonchev–Trinajstić information content (AvgIpc) is 2.14. The quantitative estimate of drug-likeness (QED) is 0.779. The van der Waals surface area contributed by atoms with Crippen LogP contribution in [0.3, 0.4) is 0 Å². The number of hydrogen-bond donors (Lipinski definition) is 1. The highest BCUT2D eigenvalue weighted by Gasteiger charge is 2.16. The number of benzene rings is 1. The zero-order valence-electron chi connectivity index (χ0n) is 8.47. The average molecular weight is 213 g/mol. The van der Waals surface area contributed by atoms with Crippen molar-refractivity contribution >= 4 is 5.78 Å². The van der Waals surface area contributed by atoms with E-state index in [1.54, 1.807) is 6.92 Å². The van der Waals surface area contributed by atoms with Crippen LogP contribution in [0, 0.1) is 11.6 Å². The van der Waals surface area contributed by atoms with Crippen LogP contribution in [0.4, 0.5) is 8.78 Å². The van der Waals surface area contributed by atoms with Gasteiger partial charge in [0.2, 0.25) is 0 Å². The lowest BCUT2D eigenvalue weighted by Gasteiger charge is -2.05. The number of ketones is 1. The molecule has 0 saturated carbocycles. The van der Waals surface area contributed by atoms with Crippen LogP contribution < -0.4 is 5.73 Å². The van der Waals surface area contributed by atoms with Crippen LogP contribution in [-0.2, 0) is 0 Å². The molecule has 0 saturated heterocycles. The van der Waals surface area contributed by atoms with E-state index in [0.29, 0.717) is 6.42 Å². The molecule has 2 nitrogen and oxygen atoms in total. The minimum atomic E-state index is -0.815. The summed E-state index contributed by atoms with van der Waals surface area (Å²) in [6.07, 6.45) is 0.488. The smallest absolute Gasteiger partial charge is 0.168 e. The number of rotatable bonds is 4. The van der Waals surface area contributed by atoms with Crippen molar-refractivity contribution in [1.29, 1.82) is 0 Å². The van der Waals surface area contributed by atoms with Crippen LogP contribution >= 0.6 is 0 Å². The van der Waals surface area contributed by atoms with E-state index >= 15 is 0 Å². The van der Waals surface area contributed by atoms with Crippen molar-refractivity contribution in [2.24, 2.45) is 5.73 Å². The van der Waals surface area contributed by atoms with Gasteiger partial charge in [-0.3, -0.25) is 4.79 Å². The molecule has 0 aromatic heterocycles. The molecule has 1 rings (SSSR count). The summed E-state index contributed by atoms with van der Waals surface area (Å²) in [6.45, 7) is 1.74. The van der Waals surface area contributed by atoms with Gasteiger partial charge in [-0.2, -0.15) is 0 Å². The Labute approximate surface area is 87.1 Å². The summed E-state index contributed by atoms with van der Waals surface area (Å²) in [7, 11) is 0. The molecule has 0 aliphatic rings. The van der Waals surface area contributed by atoms with Crippen molar-refractivity contribution in [2.45, 2.75) is 25.8 Å². The van der Waals surface area contributed by atoms with Crippen molar-refractivity contribution in [2.75, 3.05) is 0 Å². The van der Waals surface area contributed by atoms with Gasteiger partial charge in [-0.25, -0.2) is 8.78 Å². The maximum absolute atomic E-state index is 13.1. The second-order valence-electron chi connectivity index (χ2n) is 3.54. The Bertz CT molecular complexity index is 343. The van der Waals surface area contributed by atoms with E-state index in [1.165, 1.54) is 6.07 Å². The number of nitrogens with two attached hydrogens (primary N) is 1. The highest BCUT2D eigenvalue weighted by atomic mass is 19.1. The molecule has 0 aliphatic carbocycles. The second kappa shape index (κ2) is 4.98. The van der Waals surface area contributed by atoms with Crippen LogP contribution in [-0.4, -0.2) is 11.8 Å². The molecule has 1 aromatic carbocycles. The fourth-order valence-corrected chi connectivity index (χ4v) is 1.25. The van der Waals surface area contributed by atoms with Gasteiger partial charge in [0.15, 0.2) is 5.78 Å². The Kier molecular flexibility index (Phi) is 3.91. The molecule has 4 heteroatoms. The number of halogens is 2. The van der Waals surface area contributed by atoms with E-state index in [9.17, 15) is 13.6 Å². The number of Topliss-reactive ketones (excluding diaryl/α,β-unsaturated/α-hetero) is 1. The zero-order chi connectivity index (χ0) is 11.4. The van der Waals surface area contributed by atoms with E-state index in [-0.39, 0.29) is 12.5 Å². The van der Waals surface area contributed by atoms with E-state index in [4.69, 9.17) is 5.73 Å². The van der Waals surface area contributed by atoms with Crippen LogP contribution in [0.1, 0.15) is 30.1 Å². The van der Waals surface area contributed by atoms with Gasteiger partial charge >= 0.3 is 0 Å². The van der Waals surface area contributed by atoms with E-state index < -0.39 is 23.0 Å². The fraction of sp³-hybridized carbons (Fsp3) is 0.364. The third-order valence-corrected chi connectivity index (χ3v) is 2.07. The molecule has 15 heavy (non-hydrogen) atoms. The number of carbonyl (C=O) groups is 1. The Morgan fingerprint density at radius 3 is 2.40 bits per heavy atom. The summed E-state index contributed by atoms with van der Waals surface area (Å²) < 4.78 is 26.3. The Morgan fingerprint density at radius 1 is 1.40 bits per heavy atom. The molecule has 0 radical (unpaired) electrons. The van der Waals surface area contributed by atoms with E-state index in [1.807, 2.05) is 0 Å². The lowest BCUT2D eigenvalue weighted by Crippen LogP contribution is -2.17. The topological polar surface area (TPSA) is 43.1 Å². The molecule has 1 aromatic rings. The van der Waals surface area contributed by atoms with Gasteiger partial charge < -0.3 is 5.73 Å². The van der Waals surface area contributed by atoms with Gasteiger partial charge in [0.05, 0.1) is 5.56 Å². The molecular weight excluding hydrogens is 200 g/mol. The minimum absolute atomic E-state index is 0.0650. The second-order valence-corrected chi connectivity index (χ2v) is 3.54. The maximum atomic E-state index is 13.1. The molecular formula is C11H13F2NO. The van der Waals surface area contributed by atoms with Gasteiger partial charge in [-0.05, 0) is 25.5 Å². The summed E-state index contributed by atoms with van der Waals surface area (Å²) in [4.78, 5) is 11.5. The van der Waals surface area contributed by atoms with Crippen LogP contribution in [0.15, 0.2) is 18.2 Å². The van der Waals surface area contributed by atoms with Crippen LogP contribution in [0.5, 0.6) is 0 Å². The summed E-state index contributed by atoms with van der Waals surface area (Å²) in [5.41, 5.74) is 5.00. The first-order valence-electron chi connectivity index (χ1n) is 4.75. The van der Waals surface area contributed by atoms with Crippen LogP contribution in [0.25, 0.3) is 0 Å². The molecule has 0 bridgehead atoms. The normalized spacial score (nSPS) is 12.5. The zero-order valence-corrected chi connectivity index (χ0v) is 8.47.